The first-order valence-electron chi connectivity index (χ1n) is 6.62. The SMILES string of the molecule is O=C(O)c1cccc(Sc2cccc(-c3[c-]cc(F)nc3F)n2)n1.[Pt]. The van der Waals surface area contributed by atoms with Crippen LogP contribution in [0.4, 0.5) is 8.78 Å². The minimum atomic E-state index is -1.13. The summed E-state index contributed by atoms with van der Waals surface area (Å²) in [6.07, 6.45) is 0. The van der Waals surface area contributed by atoms with Crippen molar-refractivity contribution in [2.24, 2.45) is 0 Å². The van der Waals surface area contributed by atoms with Gasteiger partial charge >= 0.3 is 5.97 Å². The molecule has 3 rings (SSSR count). The van der Waals surface area contributed by atoms with E-state index in [0.29, 0.717) is 10.1 Å². The van der Waals surface area contributed by atoms with Crippen LogP contribution >= 0.6 is 11.8 Å². The third-order valence-electron chi connectivity index (χ3n) is 2.88. The monoisotopic (exact) mass is 539 g/mol. The van der Waals surface area contributed by atoms with Crippen molar-refractivity contribution < 1.29 is 39.7 Å². The first-order valence-corrected chi connectivity index (χ1v) is 7.44. The normalized spacial score (nSPS) is 10.2. The van der Waals surface area contributed by atoms with Gasteiger partial charge < -0.3 is 5.11 Å². The fourth-order valence-corrected chi connectivity index (χ4v) is 2.66. The second kappa shape index (κ2) is 8.27. The molecule has 0 aliphatic carbocycles. The summed E-state index contributed by atoms with van der Waals surface area (Å²) in [5.41, 5.74) is 0.101. The summed E-state index contributed by atoms with van der Waals surface area (Å²) in [6, 6.07) is 12.8. The maximum atomic E-state index is 13.7. The van der Waals surface area contributed by atoms with E-state index in [4.69, 9.17) is 5.11 Å². The van der Waals surface area contributed by atoms with E-state index in [9.17, 15) is 13.6 Å². The smallest absolute Gasteiger partial charge is 0.354 e. The van der Waals surface area contributed by atoms with Crippen molar-refractivity contribution >= 4 is 17.7 Å². The van der Waals surface area contributed by atoms with E-state index in [1.165, 1.54) is 6.07 Å². The van der Waals surface area contributed by atoms with Gasteiger partial charge in [0.1, 0.15) is 22.6 Å². The van der Waals surface area contributed by atoms with Gasteiger partial charge in [-0.3, -0.25) is 9.97 Å². The first-order chi connectivity index (χ1) is 11.5. The van der Waals surface area contributed by atoms with E-state index in [-0.39, 0.29) is 38.0 Å². The third-order valence-corrected chi connectivity index (χ3v) is 3.75. The second-order valence-electron chi connectivity index (χ2n) is 4.52. The largest absolute Gasteiger partial charge is 0.477 e. The number of rotatable bonds is 4. The number of pyridine rings is 3. The molecule has 3 aromatic rings. The molecule has 5 nitrogen and oxygen atoms in total. The molecule has 25 heavy (non-hydrogen) atoms. The Labute approximate surface area is 159 Å². The summed E-state index contributed by atoms with van der Waals surface area (Å²) in [5, 5.41) is 9.85. The number of carboxylic acids is 1. The van der Waals surface area contributed by atoms with Gasteiger partial charge in [0.05, 0.1) is 5.03 Å². The van der Waals surface area contributed by atoms with Crippen molar-refractivity contribution in [3.8, 4) is 11.3 Å². The Morgan fingerprint density at radius 1 is 1.04 bits per heavy atom. The van der Waals surface area contributed by atoms with Crippen molar-refractivity contribution in [1.29, 1.82) is 0 Å². The predicted octanol–water partition coefficient (Wildman–Crippen LogP) is 3.46. The molecule has 3 heterocycles. The van der Waals surface area contributed by atoms with Crippen molar-refractivity contribution in [2.75, 3.05) is 0 Å². The zero-order valence-corrected chi connectivity index (χ0v) is 15.3. The number of aromatic nitrogens is 3. The maximum absolute atomic E-state index is 13.7. The Morgan fingerprint density at radius 2 is 1.72 bits per heavy atom. The van der Waals surface area contributed by atoms with Crippen molar-refractivity contribution in [3.63, 3.8) is 0 Å². The molecule has 0 unspecified atom stereocenters. The van der Waals surface area contributed by atoms with Crippen LogP contribution in [0.2, 0.25) is 0 Å². The molecule has 0 radical (unpaired) electrons. The number of nitrogens with zero attached hydrogens (tertiary/aromatic N) is 3. The standard InChI is InChI=1S/C16H8F2N3O2S.Pt/c17-12-8-7-9(15(18)21-12)10-3-1-5-13(19-10)24-14-6-2-4-11(20-14)16(22)23;/h1-6,8H,(H,22,23);/q-1;. The van der Waals surface area contributed by atoms with Crippen LogP contribution in [0.3, 0.4) is 0 Å². The summed E-state index contributed by atoms with van der Waals surface area (Å²) in [4.78, 5) is 22.3. The van der Waals surface area contributed by atoms with Crippen LogP contribution in [0, 0.1) is 18.0 Å². The fraction of sp³-hybridized carbons (Fsp3) is 0. The number of carboxylic acid groups (broad SMARTS) is 1. The number of halogens is 2. The molecule has 0 aliphatic heterocycles. The van der Waals surface area contributed by atoms with Crippen molar-refractivity contribution in [2.45, 2.75) is 10.1 Å². The number of aromatic carboxylic acids is 1. The fourth-order valence-electron chi connectivity index (χ4n) is 1.86. The van der Waals surface area contributed by atoms with E-state index < -0.39 is 17.9 Å². The molecule has 9 heteroatoms. The summed E-state index contributed by atoms with van der Waals surface area (Å²) >= 11 is 1.12. The summed E-state index contributed by atoms with van der Waals surface area (Å²) in [7, 11) is 0. The predicted molar refractivity (Wildman–Crippen MR) is 81.5 cm³/mol. The van der Waals surface area contributed by atoms with E-state index in [1.54, 1.807) is 30.3 Å². The van der Waals surface area contributed by atoms with Gasteiger partial charge in [-0.1, -0.05) is 41.6 Å². The zero-order chi connectivity index (χ0) is 17.1. The molecule has 0 aromatic carbocycles. The van der Waals surface area contributed by atoms with Crippen LogP contribution in [-0.2, 0) is 21.1 Å². The van der Waals surface area contributed by atoms with Crippen molar-refractivity contribution in [1.82, 2.24) is 15.0 Å². The molecule has 0 amide bonds. The molecule has 0 saturated carbocycles. The van der Waals surface area contributed by atoms with Gasteiger partial charge in [-0.15, -0.1) is 6.07 Å². The van der Waals surface area contributed by atoms with Crippen LogP contribution in [0.15, 0.2) is 52.5 Å². The summed E-state index contributed by atoms with van der Waals surface area (Å²) in [6.45, 7) is 0. The molecule has 0 saturated heterocycles. The topological polar surface area (TPSA) is 76.0 Å². The van der Waals surface area contributed by atoms with Gasteiger partial charge in [-0.25, -0.2) is 18.6 Å². The van der Waals surface area contributed by atoms with E-state index in [1.807, 2.05) is 0 Å². The Kier molecular flexibility index (Phi) is 6.33. The van der Waals surface area contributed by atoms with Gasteiger partial charge in [-0.2, -0.15) is 0 Å². The average molecular weight is 539 g/mol. The number of hydrogen-bond donors (Lipinski definition) is 1. The number of carbonyl (C=O) groups is 1. The molecule has 0 spiro atoms. The van der Waals surface area contributed by atoms with Crippen LogP contribution in [-0.4, -0.2) is 26.0 Å². The minimum Gasteiger partial charge on any atom is -0.477 e. The zero-order valence-electron chi connectivity index (χ0n) is 12.2. The molecule has 0 aliphatic rings. The Hall–Kier alpha value is -2.18. The summed E-state index contributed by atoms with van der Waals surface area (Å²) < 4.78 is 26.6. The Morgan fingerprint density at radius 3 is 2.40 bits per heavy atom. The van der Waals surface area contributed by atoms with Gasteiger partial charge in [0.2, 0.25) is 0 Å². The van der Waals surface area contributed by atoms with E-state index in [2.05, 4.69) is 21.0 Å². The van der Waals surface area contributed by atoms with E-state index in [0.717, 1.165) is 17.8 Å². The molecule has 1 N–H and O–H groups in total. The minimum absolute atomic E-state index is 0. The van der Waals surface area contributed by atoms with Crippen LogP contribution in [0.5, 0.6) is 0 Å². The van der Waals surface area contributed by atoms with Crippen LogP contribution in [0.25, 0.3) is 11.3 Å². The Balaban J connectivity index is 0.00000225. The van der Waals surface area contributed by atoms with Crippen LogP contribution in [0.1, 0.15) is 10.5 Å². The second-order valence-corrected chi connectivity index (χ2v) is 5.56. The van der Waals surface area contributed by atoms with E-state index >= 15 is 0 Å². The van der Waals surface area contributed by atoms with Gasteiger partial charge in [0.25, 0.3) is 0 Å². The molecule has 130 valence electrons. The Bertz CT molecular complexity index is 927. The molecule has 0 bridgehead atoms. The van der Waals surface area contributed by atoms with Gasteiger partial charge in [0, 0.05) is 21.1 Å². The molecular formula is C16H8F2N3O2PtS-. The molecular weight excluding hydrogens is 531 g/mol. The molecule has 3 aromatic heterocycles. The first kappa shape index (κ1) is 19.1. The van der Waals surface area contributed by atoms with Crippen LogP contribution < -0.4 is 0 Å². The average Bonchev–Trinajstić information content (AvgIpc) is 2.55. The number of hydrogen-bond acceptors (Lipinski definition) is 5. The molecule has 0 atom stereocenters. The van der Waals surface area contributed by atoms with Gasteiger partial charge in [0.15, 0.2) is 0 Å². The summed E-state index contributed by atoms with van der Waals surface area (Å²) in [5.74, 6) is -3.10. The maximum Gasteiger partial charge on any atom is 0.354 e. The molecule has 0 fully saturated rings. The quantitative estimate of drug-likeness (QED) is 0.405. The van der Waals surface area contributed by atoms with Crippen molar-refractivity contribution in [3.05, 3.63) is 66.1 Å². The van der Waals surface area contributed by atoms with Gasteiger partial charge in [-0.05, 0) is 23.9 Å². The third kappa shape index (κ3) is 4.67.